The van der Waals surface area contributed by atoms with Crippen molar-refractivity contribution in [1.82, 2.24) is 10.2 Å². The van der Waals surface area contributed by atoms with Crippen LogP contribution < -0.4 is 5.32 Å². The molecule has 0 aromatic heterocycles. The van der Waals surface area contributed by atoms with Gasteiger partial charge in [0.2, 0.25) is 0 Å². The summed E-state index contributed by atoms with van der Waals surface area (Å²) in [5.74, 6) is 0.158. The van der Waals surface area contributed by atoms with E-state index < -0.39 is 0 Å². The maximum atomic E-state index is 11.0. The van der Waals surface area contributed by atoms with Crippen molar-refractivity contribution >= 4 is 0 Å². The average molecular weight is 249 g/mol. The van der Waals surface area contributed by atoms with Crippen LogP contribution in [0.4, 0.5) is 0 Å². The molecule has 1 N–H and O–H groups in total. The van der Waals surface area contributed by atoms with Gasteiger partial charge in [-0.1, -0.05) is 23.8 Å². The molecular formula is C13H19N3O2. The summed E-state index contributed by atoms with van der Waals surface area (Å²) < 4.78 is 0. The first-order valence-corrected chi connectivity index (χ1v) is 6.32. The second-order valence-corrected chi connectivity index (χ2v) is 4.74. The van der Waals surface area contributed by atoms with E-state index in [2.05, 4.69) is 23.5 Å². The van der Waals surface area contributed by atoms with Crippen LogP contribution in [0, 0.1) is 10.1 Å². The molecule has 0 radical (unpaired) electrons. The van der Waals surface area contributed by atoms with Crippen molar-refractivity contribution < 1.29 is 4.92 Å². The van der Waals surface area contributed by atoms with Crippen molar-refractivity contribution in [3.63, 3.8) is 0 Å². The van der Waals surface area contributed by atoms with Gasteiger partial charge >= 0.3 is 5.82 Å². The van der Waals surface area contributed by atoms with Crippen LogP contribution in [-0.2, 0) is 0 Å². The molecule has 0 saturated carbocycles. The number of hydrogen-bond donors (Lipinski definition) is 1. The van der Waals surface area contributed by atoms with E-state index >= 15 is 0 Å². The molecule has 0 aromatic rings. The summed E-state index contributed by atoms with van der Waals surface area (Å²) in [6.45, 7) is 1.93. The van der Waals surface area contributed by atoms with Gasteiger partial charge in [-0.05, 0) is 37.5 Å². The first kappa shape index (κ1) is 12.7. The molecule has 5 nitrogen and oxygen atoms in total. The highest BCUT2D eigenvalue weighted by molar-refractivity contribution is 5.24. The lowest BCUT2D eigenvalue weighted by molar-refractivity contribution is -0.432. The lowest BCUT2D eigenvalue weighted by Gasteiger charge is -2.17. The molecule has 0 saturated heterocycles. The molecule has 1 atom stereocenters. The van der Waals surface area contributed by atoms with Crippen LogP contribution >= 0.6 is 0 Å². The Morgan fingerprint density at radius 3 is 2.89 bits per heavy atom. The third-order valence-electron chi connectivity index (χ3n) is 3.53. The molecule has 98 valence electrons. The Bertz CT molecular complexity index is 438. The SMILES string of the molecule is CC1NC([N+](=O)[O-])=C(CCC2=CCCC=C2)N1C. The zero-order valence-electron chi connectivity index (χ0n) is 10.8. The van der Waals surface area contributed by atoms with Crippen LogP contribution in [-0.4, -0.2) is 23.0 Å². The molecule has 5 heteroatoms. The average Bonchev–Trinajstić information content (AvgIpc) is 2.65. The Morgan fingerprint density at radius 1 is 1.50 bits per heavy atom. The van der Waals surface area contributed by atoms with Crippen molar-refractivity contribution in [1.29, 1.82) is 0 Å². The van der Waals surface area contributed by atoms with Crippen molar-refractivity contribution in [2.45, 2.75) is 38.8 Å². The fourth-order valence-corrected chi connectivity index (χ4v) is 2.35. The van der Waals surface area contributed by atoms with E-state index in [1.54, 1.807) is 0 Å². The van der Waals surface area contributed by atoms with Gasteiger partial charge in [0.25, 0.3) is 0 Å². The van der Waals surface area contributed by atoms with E-state index in [1.165, 1.54) is 5.57 Å². The van der Waals surface area contributed by atoms with Crippen LogP contribution in [0.5, 0.6) is 0 Å². The first-order valence-electron chi connectivity index (χ1n) is 6.32. The van der Waals surface area contributed by atoms with E-state index in [0.29, 0.717) is 6.42 Å². The third-order valence-corrected chi connectivity index (χ3v) is 3.53. The lowest BCUT2D eigenvalue weighted by Crippen LogP contribution is -2.32. The number of nitro groups is 1. The molecule has 18 heavy (non-hydrogen) atoms. The number of rotatable bonds is 4. The second-order valence-electron chi connectivity index (χ2n) is 4.74. The molecule has 1 aliphatic heterocycles. The minimum atomic E-state index is -0.319. The van der Waals surface area contributed by atoms with Gasteiger partial charge in [-0.15, -0.1) is 0 Å². The Labute approximate surface area is 107 Å². The van der Waals surface area contributed by atoms with Crippen molar-refractivity contribution in [2.24, 2.45) is 0 Å². The number of allylic oxidation sites excluding steroid dienone is 5. The Kier molecular flexibility index (Phi) is 3.69. The van der Waals surface area contributed by atoms with Gasteiger partial charge in [0.05, 0.1) is 0 Å². The predicted molar refractivity (Wildman–Crippen MR) is 70.1 cm³/mol. The number of hydrogen-bond acceptors (Lipinski definition) is 4. The maximum Gasteiger partial charge on any atom is 0.337 e. The molecule has 0 amide bonds. The van der Waals surface area contributed by atoms with Crippen molar-refractivity contribution in [3.05, 3.63) is 45.4 Å². The van der Waals surface area contributed by atoms with Crippen LogP contribution in [0.15, 0.2) is 35.3 Å². The standard InChI is InChI=1S/C13H19N3O2/c1-10-14-13(16(17)18)12(15(10)2)9-8-11-6-4-3-5-7-11/h4,6-7,10,14H,3,5,8-9H2,1-2H3. The summed E-state index contributed by atoms with van der Waals surface area (Å²) in [6, 6.07) is 0. The summed E-state index contributed by atoms with van der Waals surface area (Å²) in [5, 5.41) is 13.9. The van der Waals surface area contributed by atoms with Crippen LogP contribution in [0.1, 0.15) is 32.6 Å². The predicted octanol–water partition coefficient (Wildman–Crippen LogP) is 2.37. The van der Waals surface area contributed by atoms with E-state index in [1.807, 2.05) is 18.9 Å². The fourth-order valence-electron chi connectivity index (χ4n) is 2.35. The van der Waals surface area contributed by atoms with E-state index in [-0.39, 0.29) is 16.9 Å². The summed E-state index contributed by atoms with van der Waals surface area (Å²) >= 11 is 0. The molecule has 0 aromatic carbocycles. The van der Waals surface area contributed by atoms with E-state index in [0.717, 1.165) is 25.0 Å². The van der Waals surface area contributed by atoms with Gasteiger partial charge in [0.1, 0.15) is 5.70 Å². The quantitative estimate of drug-likeness (QED) is 0.614. The fraction of sp³-hybridized carbons (Fsp3) is 0.538. The summed E-state index contributed by atoms with van der Waals surface area (Å²) in [5.41, 5.74) is 2.08. The molecular weight excluding hydrogens is 230 g/mol. The zero-order chi connectivity index (χ0) is 13.1. The van der Waals surface area contributed by atoms with Gasteiger partial charge in [0.15, 0.2) is 6.17 Å². The normalized spacial score (nSPS) is 23.1. The Balaban J connectivity index is 2.06. The largest absolute Gasteiger partial charge is 0.358 e. The molecule has 0 bridgehead atoms. The number of nitrogens with zero attached hydrogens (tertiary/aromatic N) is 2. The molecule has 2 rings (SSSR count). The molecule has 1 heterocycles. The maximum absolute atomic E-state index is 11.0. The van der Waals surface area contributed by atoms with Gasteiger partial charge < -0.3 is 15.0 Å². The minimum Gasteiger partial charge on any atom is -0.358 e. The van der Waals surface area contributed by atoms with E-state index in [9.17, 15) is 10.1 Å². The molecule has 2 aliphatic rings. The smallest absolute Gasteiger partial charge is 0.337 e. The minimum absolute atomic E-state index is 0.00345. The van der Waals surface area contributed by atoms with E-state index in [4.69, 9.17) is 0 Å². The summed E-state index contributed by atoms with van der Waals surface area (Å²) in [4.78, 5) is 12.6. The third kappa shape index (κ3) is 2.55. The van der Waals surface area contributed by atoms with Crippen LogP contribution in [0.25, 0.3) is 0 Å². The van der Waals surface area contributed by atoms with Gasteiger partial charge in [-0.3, -0.25) is 0 Å². The highest BCUT2D eigenvalue weighted by atomic mass is 16.6. The van der Waals surface area contributed by atoms with Gasteiger partial charge in [-0.2, -0.15) is 0 Å². The first-order chi connectivity index (χ1) is 8.59. The monoisotopic (exact) mass is 249 g/mol. The highest BCUT2D eigenvalue weighted by Gasteiger charge is 2.33. The topological polar surface area (TPSA) is 58.4 Å². The Hall–Kier alpha value is -1.78. The molecule has 0 fully saturated rings. The van der Waals surface area contributed by atoms with Crippen molar-refractivity contribution in [3.8, 4) is 0 Å². The lowest BCUT2D eigenvalue weighted by atomic mass is 10.0. The molecule has 0 spiro atoms. The molecule has 1 unspecified atom stereocenters. The van der Waals surface area contributed by atoms with Crippen LogP contribution in [0.2, 0.25) is 0 Å². The highest BCUT2D eigenvalue weighted by Crippen LogP contribution is 2.25. The summed E-state index contributed by atoms with van der Waals surface area (Å²) in [7, 11) is 1.90. The van der Waals surface area contributed by atoms with Crippen molar-refractivity contribution in [2.75, 3.05) is 7.05 Å². The Morgan fingerprint density at radius 2 is 2.28 bits per heavy atom. The zero-order valence-corrected chi connectivity index (χ0v) is 10.8. The van der Waals surface area contributed by atoms with Crippen LogP contribution in [0.3, 0.4) is 0 Å². The molecule has 1 aliphatic carbocycles. The second kappa shape index (κ2) is 5.25. The number of nitrogens with one attached hydrogen (secondary N) is 1. The van der Waals surface area contributed by atoms with Gasteiger partial charge in [-0.25, -0.2) is 5.32 Å². The van der Waals surface area contributed by atoms with Gasteiger partial charge in [0, 0.05) is 7.05 Å². The summed E-state index contributed by atoms with van der Waals surface area (Å²) in [6.07, 6.45) is 10.3.